The van der Waals surface area contributed by atoms with Crippen molar-refractivity contribution in [2.24, 2.45) is 5.73 Å². The molecule has 22 heavy (non-hydrogen) atoms. The Hall–Kier alpha value is -0.970. The molecule has 0 aromatic heterocycles. The van der Waals surface area contributed by atoms with Crippen molar-refractivity contribution >= 4 is 29.9 Å². The van der Waals surface area contributed by atoms with Crippen molar-refractivity contribution < 1.29 is 9.53 Å². The summed E-state index contributed by atoms with van der Waals surface area (Å²) in [7, 11) is 1.81. The van der Waals surface area contributed by atoms with Crippen LogP contribution in [0.2, 0.25) is 5.02 Å². The number of unbranched alkanes of at least 4 members (excludes halogenated alkanes) is 3. The van der Waals surface area contributed by atoms with Gasteiger partial charge in [0.05, 0.1) is 6.54 Å². The molecule has 0 aliphatic heterocycles. The number of amides is 1. The molecule has 4 nitrogen and oxygen atoms in total. The van der Waals surface area contributed by atoms with E-state index in [4.69, 9.17) is 22.1 Å². The van der Waals surface area contributed by atoms with Crippen molar-refractivity contribution in [1.29, 1.82) is 0 Å². The maximum atomic E-state index is 11.9. The topological polar surface area (TPSA) is 55.6 Å². The van der Waals surface area contributed by atoms with Gasteiger partial charge in [-0.1, -0.05) is 30.5 Å². The predicted molar refractivity (Wildman–Crippen MR) is 94.0 cm³/mol. The fraction of sp³-hybridized carbons (Fsp3) is 0.562. The van der Waals surface area contributed by atoms with Crippen LogP contribution in [-0.2, 0) is 4.79 Å². The van der Waals surface area contributed by atoms with Crippen molar-refractivity contribution in [3.05, 3.63) is 29.3 Å². The van der Waals surface area contributed by atoms with Gasteiger partial charge in [-0.15, -0.1) is 12.4 Å². The lowest BCUT2D eigenvalue weighted by Crippen LogP contribution is -2.30. The van der Waals surface area contributed by atoms with Crippen LogP contribution >= 0.6 is 24.0 Å². The summed E-state index contributed by atoms with van der Waals surface area (Å²) in [5, 5.41) is 0.648. The third-order valence-electron chi connectivity index (χ3n) is 3.26. The number of rotatable bonds is 10. The SMILES string of the molecule is CN(CCOc1cccc(Cl)c1)C(=O)CCCCCCN.Cl. The number of halogens is 2. The third-order valence-corrected chi connectivity index (χ3v) is 3.50. The van der Waals surface area contributed by atoms with Crippen LogP contribution in [0.4, 0.5) is 0 Å². The number of likely N-dealkylation sites (N-methyl/N-ethyl adjacent to an activating group) is 1. The number of hydrogen-bond acceptors (Lipinski definition) is 3. The lowest BCUT2D eigenvalue weighted by molar-refractivity contribution is -0.130. The second-order valence-corrected chi connectivity index (χ2v) is 5.51. The van der Waals surface area contributed by atoms with Crippen LogP contribution < -0.4 is 10.5 Å². The summed E-state index contributed by atoms with van der Waals surface area (Å²) in [6.45, 7) is 1.78. The molecule has 1 aromatic rings. The Balaban J connectivity index is 0.00000441. The Bertz CT molecular complexity index is 430. The number of nitrogens with two attached hydrogens (primary N) is 1. The number of benzene rings is 1. The van der Waals surface area contributed by atoms with E-state index >= 15 is 0 Å². The molecule has 0 saturated carbocycles. The average Bonchev–Trinajstić information content (AvgIpc) is 2.46. The van der Waals surface area contributed by atoms with Crippen LogP contribution in [0, 0.1) is 0 Å². The molecule has 2 N–H and O–H groups in total. The zero-order chi connectivity index (χ0) is 15.5. The summed E-state index contributed by atoms with van der Waals surface area (Å²) in [6.07, 6.45) is 4.73. The number of carbonyl (C=O) groups is 1. The average molecular weight is 349 g/mol. The van der Waals surface area contributed by atoms with Crippen LogP contribution in [0.1, 0.15) is 32.1 Å². The van der Waals surface area contributed by atoms with Gasteiger partial charge in [0, 0.05) is 18.5 Å². The van der Waals surface area contributed by atoms with Crippen LogP contribution in [0.15, 0.2) is 24.3 Å². The number of carbonyl (C=O) groups excluding carboxylic acids is 1. The molecule has 0 bridgehead atoms. The molecular weight excluding hydrogens is 323 g/mol. The van der Waals surface area contributed by atoms with Gasteiger partial charge in [-0.25, -0.2) is 0 Å². The minimum absolute atomic E-state index is 0. The van der Waals surface area contributed by atoms with E-state index < -0.39 is 0 Å². The van der Waals surface area contributed by atoms with Gasteiger partial charge in [0.25, 0.3) is 0 Å². The van der Waals surface area contributed by atoms with Crippen LogP contribution in [0.5, 0.6) is 5.75 Å². The minimum Gasteiger partial charge on any atom is -0.492 e. The summed E-state index contributed by atoms with van der Waals surface area (Å²) in [5.74, 6) is 0.891. The van der Waals surface area contributed by atoms with E-state index in [-0.39, 0.29) is 18.3 Å². The molecule has 0 heterocycles. The predicted octanol–water partition coefficient (Wildman–Crippen LogP) is 3.51. The number of nitrogens with zero attached hydrogens (tertiary/aromatic N) is 1. The Morgan fingerprint density at radius 2 is 2.00 bits per heavy atom. The summed E-state index contributed by atoms with van der Waals surface area (Å²) in [6, 6.07) is 7.26. The third kappa shape index (κ3) is 9.13. The summed E-state index contributed by atoms with van der Waals surface area (Å²) in [5.41, 5.74) is 5.43. The molecular formula is C16H26Cl2N2O2. The Morgan fingerprint density at radius 1 is 1.27 bits per heavy atom. The van der Waals surface area contributed by atoms with Crippen molar-refractivity contribution in [1.82, 2.24) is 4.90 Å². The summed E-state index contributed by atoms with van der Waals surface area (Å²) >= 11 is 5.88. The molecule has 1 amide bonds. The Labute approximate surface area is 144 Å². The van der Waals surface area contributed by atoms with Gasteiger partial charge in [0.2, 0.25) is 5.91 Å². The number of ether oxygens (including phenoxy) is 1. The first-order chi connectivity index (χ1) is 10.1. The number of hydrogen-bond donors (Lipinski definition) is 1. The highest BCUT2D eigenvalue weighted by Crippen LogP contribution is 2.16. The smallest absolute Gasteiger partial charge is 0.222 e. The summed E-state index contributed by atoms with van der Waals surface area (Å²) in [4.78, 5) is 13.6. The second kappa shape index (κ2) is 12.6. The van der Waals surface area contributed by atoms with Gasteiger partial charge >= 0.3 is 0 Å². The first-order valence-electron chi connectivity index (χ1n) is 7.46. The van der Waals surface area contributed by atoms with E-state index in [1.807, 2.05) is 19.2 Å². The summed E-state index contributed by atoms with van der Waals surface area (Å²) < 4.78 is 5.57. The van der Waals surface area contributed by atoms with Gasteiger partial charge in [0.1, 0.15) is 12.4 Å². The molecule has 0 saturated heterocycles. The van der Waals surface area contributed by atoms with E-state index in [0.717, 1.165) is 38.0 Å². The highest BCUT2D eigenvalue weighted by atomic mass is 35.5. The quantitative estimate of drug-likeness (QED) is 0.658. The Morgan fingerprint density at radius 3 is 2.68 bits per heavy atom. The molecule has 0 spiro atoms. The fourth-order valence-electron chi connectivity index (χ4n) is 1.95. The lowest BCUT2D eigenvalue weighted by Gasteiger charge is -2.17. The standard InChI is InChI=1S/C16H25ClN2O2.ClH/c1-19(16(20)9-4-2-3-5-10-18)11-12-21-15-8-6-7-14(17)13-15;/h6-8,13H,2-5,9-12,18H2,1H3;1H. The maximum absolute atomic E-state index is 11.9. The van der Waals surface area contributed by atoms with E-state index in [2.05, 4.69) is 0 Å². The van der Waals surface area contributed by atoms with Crippen LogP contribution in [-0.4, -0.2) is 37.6 Å². The van der Waals surface area contributed by atoms with Crippen molar-refractivity contribution in [2.75, 3.05) is 26.7 Å². The van der Waals surface area contributed by atoms with Crippen molar-refractivity contribution in [3.63, 3.8) is 0 Å². The second-order valence-electron chi connectivity index (χ2n) is 5.07. The minimum atomic E-state index is 0. The molecule has 6 heteroatoms. The molecule has 126 valence electrons. The fourth-order valence-corrected chi connectivity index (χ4v) is 2.13. The van der Waals surface area contributed by atoms with Gasteiger partial charge in [0.15, 0.2) is 0 Å². The first kappa shape index (κ1) is 21.0. The van der Waals surface area contributed by atoms with Crippen LogP contribution in [0.25, 0.3) is 0 Å². The highest BCUT2D eigenvalue weighted by molar-refractivity contribution is 6.30. The zero-order valence-electron chi connectivity index (χ0n) is 13.1. The molecule has 1 aromatic carbocycles. The van der Waals surface area contributed by atoms with E-state index in [1.165, 1.54) is 0 Å². The van der Waals surface area contributed by atoms with E-state index in [0.29, 0.717) is 24.6 Å². The van der Waals surface area contributed by atoms with Crippen molar-refractivity contribution in [2.45, 2.75) is 32.1 Å². The molecule has 0 fully saturated rings. The van der Waals surface area contributed by atoms with Gasteiger partial charge in [-0.3, -0.25) is 4.79 Å². The molecule has 0 radical (unpaired) electrons. The lowest BCUT2D eigenvalue weighted by atomic mass is 10.1. The zero-order valence-corrected chi connectivity index (χ0v) is 14.7. The van der Waals surface area contributed by atoms with E-state index in [1.54, 1.807) is 17.0 Å². The molecule has 1 rings (SSSR count). The highest BCUT2D eigenvalue weighted by Gasteiger charge is 2.08. The van der Waals surface area contributed by atoms with Gasteiger partial charge in [-0.2, -0.15) is 0 Å². The molecule has 0 aliphatic rings. The maximum Gasteiger partial charge on any atom is 0.222 e. The monoisotopic (exact) mass is 348 g/mol. The largest absolute Gasteiger partial charge is 0.492 e. The first-order valence-corrected chi connectivity index (χ1v) is 7.83. The molecule has 0 atom stereocenters. The molecule has 0 aliphatic carbocycles. The molecule has 0 unspecified atom stereocenters. The normalized spacial score (nSPS) is 9.95. The van der Waals surface area contributed by atoms with E-state index in [9.17, 15) is 4.79 Å². The Kier molecular flexibility index (Phi) is 12.0. The van der Waals surface area contributed by atoms with Crippen molar-refractivity contribution in [3.8, 4) is 5.75 Å². The van der Waals surface area contributed by atoms with Crippen LogP contribution in [0.3, 0.4) is 0 Å². The van der Waals surface area contributed by atoms with Gasteiger partial charge < -0.3 is 15.4 Å². The van der Waals surface area contributed by atoms with Gasteiger partial charge in [-0.05, 0) is 37.6 Å².